The molecule has 100 valence electrons. The van der Waals surface area contributed by atoms with E-state index in [9.17, 15) is 13.6 Å². The van der Waals surface area contributed by atoms with Gasteiger partial charge in [-0.3, -0.25) is 15.4 Å². The van der Waals surface area contributed by atoms with Gasteiger partial charge in [0.15, 0.2) is 0 Å². The number of hydrogen-bond donors (Lipinski definition) is 2. The van der Waals surface area contributed by atoms with Gasteiger partial charge < -0.3 is 0 Å². The standard InChI is InChI=1S/C10H14F2N4OS/c1-5(2)8-15-16-9(18-8)14-7(17)6-3-10(11,12)4-13-6/h5-6,13H,3-4H2,1-2H3,(H,14,16,17). The molecule has 8 heteroatoms. The minimum absolute atomic E-state index is 0.224. The number of nitrogens with one attached hydrogen (secondary N) is 2. The molecule has 0 saturated carbocycles. The zero-order valence-corrected chi connectivity index (χ0v) is 10.9. The van der Waals surface area contributed by atoms with E-state index in [0.717, 1.165) is 5.01 Å². The van der Waals surface area contributed by atoms with E-state index in [2.05, 4.69) is 20.8 Å². The van der Waals surface area contributed by atoms with Gasteiger partial charge in [0.1, 0.15) is 5.01 Å². The molecule has 1 amide bonds. The summed E-state index contributed by atoms with van der Waals surface area (Å²) in [4.78, 5) is 11.7. The molecular formula is C10H14F2N4OS. The second-order valence-corrected chi connectivity index (χ2v) is 5.59. The van der Waals surface area contributed by atoms with Crippen LogP contribution < -0.4 is 10.6 Å². The van der Waals surface area contributed by atoms with Crippen molar-refractivity contribution in [2.75, 3.05) is 11.9 Å². The van der Waals surface area contributed by atoms with Crippen molar-refractivity contribution in [1.82, 2.24) is 15.5 Å². The molecule has 1 fully saturated rings. The Bertz CT molecular complexity index is 449. The summed E-state index contributed by atoms with van der Waals surface area (Å²) in [6.07, 6.45) is -0.478. The van der Waals surface area contributed by atoms with Gasteiger partial charge in [-0.05, 0) is 0 Å². The number of anilines is 1. The minimum atomic E-state index is -2.81. The Balaban J connectivity index is 1.95. The molecule has 2 N–H and O–H groups in total. The molecule has 1 atom stereocenters. The van der Waals surface area contributed by atoms with Crippen molar-refractivity contribution in [3.05, 3.63) is 5.01 Å². The fourth-order valence-corrected chi connectivity index (χ4v) is 2.36. The summed E-state index contributed by atoms with van der Waals surface area (Å²) >= 11 is 1.26. The Kier molecular flexibility index (Phi) is 3.58. The summed E-state index contributed by atoms with van der Waals surface area (Å²) in [5.74, 6) is -3.08. The van der Waals surface area contributed by atoms with E-state index >= 15 is 0 Å². The van der Waals surface area contributed by atoms with Gasteiger partial charge in [-0.1, -0.05) is 25.2 Å². The molecule has 2 heterocycles. The van der Waals surface area contributed by atoms with E-state index < -0.39 is 30.8 Å². The predicted molar refractivity (Wildman–Crippen MR) is 64.0 cm³/mol. The van der Waals surface area contributed by atoms with Crippen LogP contribution in [0.1, 0.15) is 31.2 Å². The van der Waals surface area contributed by atoms with E-state index in [0.29, 0.717) is 5.13 Å². The van der Waals surface area contributed by atoms with Crippen molar-refractivity contribution in [3.63, 3.8) is 0 Å². The normalized spacial score (nSPS) is 22.4. The van der Waals surface area contributed by atoms with Crippen LogP contribution in [-0.2, 0) is 4.79 Å². The molecule has 0 bridgehead atoms. The molecular weight excluding hydrogens is 262 g/mol. The molecule has 0 radical (unpaired) electrons. The van der Waals surface area contributed by atoms with Gasteiger partial charge in [-0.2, -0.15) is 0 Å². The van der Waals surface area contributed by atoms with E-state index in [1.807, 2.05) is 13.8 Å². The number of aromatic nitrogens is 2. The molecule has 1 aromatic heterocycles. The summed E-state index contributed by atoms with van der Waals surface area (Å²) in [5, 5.41) is 13.9. The third kappa shape index (κ3) is 2.99. The van der Waals surface area contributed by atoms with Crippen LogP contribution in [-0.4, -0.2) is 34.6 Å². The lowest BCUT2D eigenvalue weighted by Gasteiger charge is -2.08. The summed E-state index contributed by atoms with van der Waals surface area (Å²) in [6, 6.07) is -0.869. The van der Waals surface area contributed by atoms with Crippen LogP contribution in [0.2, 0.25) is 0 Å². The summed E-state index contributed by atoms with van der Waals surface area (Å²) in [5.41, 5.74) is 0. The highest BCUT2D eigenvalue weighted by molar-refractivity contribution is 7.15. The number of alkyl halides is 2. The fraction of sp³-hybridized carbons (Fsp3) is 0.700. The van der Waals surface area contributed by atoms with Gasteiger partial charge in [0.05, 0.1) is 12.6 Å². The smallest absolute Gasteiger partial charge is 0.262 e. The first kappa shape index (κ1) is 13.3. The first-order valence-electron chi connectivity index (χ1n) is 5.63. The number of rotatable bonds is 3. The zero-order valence-electron chi connectivity index (χ0n) is 10.0. The summed E-state index contributed by atoms with van der Waals surface area (Å²) in [6.45, 7) is 3.47. The van der Waals surface area contributed by atoms with Crippen LogP contribution in [0.15, 0.2) is 0 Å². The molecule has 1 aliphatic rings. The second-order valence-electron chi connectivity index (χ2n) is 4.58. The van der Waals surface area contributed by atoms with Crippen molar-refractivity contribution in [2.45, 2.75) is 38.2 Å². The van der Waals surface area contributed by atoms with Crippen LogP contribution in [0.5, 0.6) is 0 Å². The van der Waals surface area contributed by atoms with E-state index in [-0.39, 0.29) is 5.92 Å². The van der Waals surface area contributed by atoms with Gasteiger partial charge in [-0.25, -0.2) is 8.78 Å². The largest absolute Gasteiger partial charge is 0.300 e. The first-order valence-corrected chi connectivity index (χ1v) is 6.44. The lowest BCUT2D eigenvalue weighted by Crippen LogP contribution is -2.35. The predicted octanol–water partition coefficient (Wildman–Crippen LogP) is 1.60. The van der Waals surface area contributed by atoms with Crippen molar-refractivity contribution < 1.29 is 13.6 Å². The first-order chi connectivity index (χ1) is 8.37. The van der Waals surface area contributed by atoms with Crippen LogP contribution in [0.25, 0.3) is 0 Å². The maximum atomic E-state index is 12.9. The third-order valence-corrected chi connectivity index (χ3v) is 3.73. The molecule has 1 aliphatic heterocycles. The number of carbonyl (C=O) groups is 1. The summed E-state index contributed by atoms with van der Waals surface area (Å²) < 4.78 is 25.9. The SMILES string of the molecule is CC(C)c1nnc(NC(=O)C2CC(F)(F)CN2)s1. The van der Waals surface area contributed by atoms with Crippen molar-refractivity contribution >= 4 is 22.4 Å². The van der Waals surface area contributed by atoms with Crippen LogP contribution in [0.3, 0.4) is 0 Å². The Hall–Kier alpha value is -1.15. The van der Waals surface area contributed by atoms with Gasteiger partial charge in [0.25, 0.3) is 5.92 Å². The Morgan fingerprint density at radius 1 is 1.56 bits per heavy atom. The molecule has 1 unspecified atom stereocenters. The highest BCUT2D eigenvalue weighted by atomic mass is 32.1. The topological polar surface area (TPSA) is 66.9 Å². The average molecular weight is 276 g/mol. The maximum Gasteiger partial charge on any atom is 0.262 e. The maximum absolute atomic E-state index is 12.9. The number of nitrogens with zero attached hydrogens (tertiary/aromatic N) is 2. The number of hydrogen-bond acceptors (Lipinski definition) is 5. The Morgan fingerprint density at radius 2 is 2.28 bits per heavy atom. The molecule has 18 heavy (non-hydrogen) atoms. The monoisotopic (exact) mass is 276 g/mol. The third-order valence-electron chi connectivity index (χ3n) is 2.59. The molecule has 5 nitrogen and oxygen atoms in total. The molecule has 0 aromatic carbocycles. The van der Waals surface area contributed by atoms with E-state index in [1.54, 1.807) is 0 Å². The molecule has 0 spiro atoms. The van der Waals surface area contributed by atoms with Crippen molar-refractivity contribution in [3.8, 4) is 0 Å². The van der Waals surface area contributed by atoms with E-state index in [1.165, 1.54) is 11.3 Å². The van der Waals surface area contributed by atoms with Crippen LogP contribution in [0, 0.1) is 0 Å². The number of halogens is 2. The highest BCUT2D eigenvalue weighted by Gasteiger charge is 2.42. The Morgan fingerprint density at radius 3 is 2.78 bits per heavy atom. The minimum Gasteiger partial charge on any atom is -0.300 e. The van der Waals surface area contributed by atoms with Crippen LogP contribution >= 0.6 is 11.3 Å². The molecule has 0 aliphatic carbocycles. The molecule has 1 saturated heterocycles. The Labute approximate surface area is 107 Å². The fourth-order valence-electron chi connectivity index (χ4n) is 1.61. The molecule has 1 aromatic rings. The molecule has 2 rings (SSSR count). The van der Waals surface area contributed by atoms with E-state index in [4.69, 9.17) is 0 Å². The zero-order chi connectivity index (χ0) is 13.3. The van der Waals surface area contributed by atoms with Gasteiger partial charge in [0.2, 0.25) is 11.0 Å². The second kappa shape index (κ2) is 4.85. The lowest BCUT2D eigenvalue weighted by atomic mass is 10.2. The lowest BCUT2D eigenvalue weighted by molar-refractivity contribution is -0.118. The highest BCUT2D eigenvalue weighted by Crippen LogP contribution is 2.27. The van der Waals surface area contributed by atoms with Crippen molar-refractivity contribution in [1.29, 1.82) is 0 Å². The van der Waals surface area contributed by atoms with Gasteiger partial charge >= 0.3 is 0 Å². The van der Waals surface area contributed by atoms with Crippen molar-refractivity contribution in [2.24, 2.45) is 0 Å². The average Bonchev–Trinajstić information content (AvgIpc) is 2.84. The van der Waals surface area contributed by atoms with Crippen LogP contribution in [0.4, 0.5) is 13.9 Å². The summed E-state index contributed by atoms with van der Waals surface area (Å²) in [7, 11) is 0. The quantitative estimate of drug-likeness (QED) is 0.880. The number of carbonyl (C=O) groups excluding carboxylic acids is 1. The van der Waals surface area contributed by atoms with Gasteiger partial charge in [-0.15, -0.1) is 10.2 Å². The number of amides is 1. The van der Waals surface area contributed by atoms with Gasteiger partial charge in [0, 0.05) is 12.3 Å².